The number of carboxylic acids is 1. The zero-order valence-corrected chi connectivity index (χ0v) is 17.9. The van der Waals surface area contributed by atoms with Crippen LogP contribution in [-0.4, -0.2) is 58.6 Å². The van der Waals surface area contributed by atoms with Crippen LogP contribution in [0.3, 0.4) is 0 Å². The molecular formula is C20H35N2O6+. The summed E-state index contributed by atoms with van der Waals surface area (Å²) in [6.45, 7) is 10.8. The number of Topliss-reactive ketones (excluding diaryl/α,β-unsaturated/α-hetero) is 1. The molecule has 1 rings (SSSR count). The lowest BCUT2D eigenvalue weighted by Crippen LogP contribution is -2.72. The van der Waals surface area contributed by atoms with Crippen molar-refractivity contribution >= 4 is 23.6 Å². The second-order valence-corrected chi connectivity index (χ2v) is 8.20. The van der Waals surface area contributed by atoms with Gasteiger partial charge in [0.15, 0.2) is 6.04 Å². The molecule has 0 aromatic carbocycles. The van der Waals surface area contributed by atoms with Crippen LogP contribution in [0.5, 0.6) is 0 Å². The smallest absolute Gasteiger partial charge is 0.402 e. The molecule has 1 saturated heterocycles. The van der Waals surface area contributed by atoms with Gasteiger partial charge in [0.05, 0.1) is 6.61 Å². The summed E-state index contributed by atoms with van der Waals surface area (Å²) in [5, 5.41) is 9.72. The largest absolute Gasteiger partial charge is 0.480 e. The van der Waals surface area contributed by atoms with Gasteiger partial charge in [0.2, 0.25) is 6.04 Å². The van der Waals surface area contributed by atoms with Crippen molar-refractivity contribution in [3.63, 3.8) is 0 Å². The number of nitrogens with one attached hydrogen (secondary N) is 1. The number of esters is 1. The van der Waals surface area contributed by atoms with Crippen LogP contribution in [-0.2, 0) is 23.9 Å². The minimum absolute atomic E-state index is 0.144. The molecule has 160 valence electrons. The fourth-order valence-corrected chi connectivity index (χ4v) is 3.44. The number of likely N-dealkylation sites (tertiary alicyclic amines) is 1. The fraction of sp³-hybridized carbons (Fsp3) is 0.800. The molecule has 0 saturated carbocycles. The lowest BCUT2D eigenvalue weighted by molar-refractivity contribution is -0.901. The Hall–Kier alpha value is -1.80. The van der Waals surface area contributed by atoms with E-state index in [-0.39, 0.29) is 19.1 Å². The van der Waals surface area contributed by atoms with E-state index in [0.717, 1.165) is 0 Å². The quantitative estimate of drug-likeness (QED) is 0.329. The minimum Gasteiger partial charge on any atom is -0.480 e. The molecule has 28 heavy (non-hydrogen) atoms. The first-order chi connectivity index (χ1) is 13.0. The summed E-state index contributed by atoms with van der Waals surface area (Å²) in [4.78, 5) is 50.9. The molecular weight excluding hydrogens is 364 g/mol. The van der Waals surface area contributed by atoms with Crippen molar-refractivity contribution in [1.82, 2.24) is 5.43 Å². The Bertz CT molecular complexity index is 618. The molecule has 0 spiro atoms. The van der Waals surface area contributed by atoms with Crippen molar-refractivity contribution in [2.24, 2.45) is 11.3 Å². The van der Waals surface area contributed by atoms with Gasteiger partial charge in [-0.1, -0.05) is 41.0 Å². The van der Waals surface area contributed by atoms with Gasteiger partial charge in [-0.25, -0.2) is 9.59 Å². The van der Waals surface area contributed by atoms with Crippen LogP contribution < -0.4 is 5.43 Å². The summed E-state index contributed by atoms with van der Waals surface area (Å²) in [6.07, 6.45) is 1.88. The van der Waals surface area contributed by atoms with E-state index in [1.165, 1.54) is 0 Å². The second-order valence-electron chi connectivity index (χ2n) is 8.20. The van der Waals surface area contributed by atoms with E-state index in [2.05, 4.69) is 5.43 Å². The molecule has 0 aromatic rings. The van der Waals surface area contributed by atoms with Gasteiger partial charge in [0.25, 0.3) is 5.78 Å². The van der Waals surface area contributed by atoms with Crippen LogP contribution >= 0.6 is 0 Å². The van der Waals surface area contributed by atoms with E-state index < -0.39 is 45.7 Å². The zero-order chi connectivity index (χ0) is 21.7. The highest BCUT2D eigenvalue weighted by atomic mass is 16.5. The van der Waals surface area contributed by atoms with E-state index in [1.54, 1.807) is 27.7 Å². The Morgan fingerprint density at radius 2 is 1.82 bits per heavy atom. The predicted octanol–water partition coefficient (Wildman–Crippen LogP) is 2.06. The highest BCUT2D eigenvalue weighted by molar-refractivity contribution is 6.35. The van der Waals surface area contributed by atoms with Crippen LogP contribution in [0.2, 0.25) is 0 Å². The number of ether oxygens (including phenoxy) is 1. The summed E-state index contributed by atoms with van der Waals surface area (Å²) >= 11 is 0. The third kappa shape index (κ3) is 4.78. The van der Waals surface area contributed by atoms with E-state index in [1.807, 2.05) is 13.8 Å². The van der Waals surface area contributed by atoms with Gasteiger partial charge in [-0.05, 0) is 19.3 Å². The average Bonchev–Trinajstić information content (AvgIpc) is 3.09. The van der Waals surface area contributed by atoms with Gasteiger partial charge in [0.1, 0.15) is 6.54 Å². The number of ketones is 1. The number of quaternary nitrogens is 1. The molecule has 1 amide bonds. The Morgan fingerprint density at radius 1 is 1.21 bits per heavy atom. The third-order valence-corrected chi connectivity index (χ3v) is 5.98. The molecule has 0 bridgehead atoms. The lowest BCUT2D eigenvalue weighted by Gasteiger charge is -2.39. The number of hydrogen-bond donors (Lipinski definition) is 2. The average molecular weight is 400 g/mol. The van der Waals surface area contributed by atoms with Crippen LogP contribution in [0, 0.1) is 11.3 Å². The highest BCUT2D eigenvalue weighted by Gasteiger charge is 2.59. The first-order valence-electron chi connectivity index (χ1n) is 10.1. The molecule has 0 aliphatic carbocycles. The fourth-order valence-electron chi connectivity index (χ4n) is 3.44. The highest BCUT2D eigenvalue weighted by Crippen LogP contribution is 2.32. The van der Waals surface area contributed by atoms with E-state index in [9.17, 15) is 24.3 Å². The summed E-state index contributed by atoms with van der Waals surface area (Å²) in [7, 11) is 0. The molecule has 1 fully saturated rings. The number of carboxylic acid groups (broad SMARTS) is 1. The summed E-state index contributed by atoms with van der Waals surface area (Å²) in [5.41, 5.74) is 2.01. The molecule has 8 heteroatoms. The van der Waals surface area contributed by atoms with Crippen molar-refractivity contribution in [2.75, 3.05) is 13.2 Å². The topological polar surface area (TPSA) is 110 Å². The van der Waals surface area contributed by atoms with Gasteiger partial charge in [-0.2, -0.15) is 4.59 Å². The van der Waals surface area contributed by atoms with E-state index in [0.29, 0.717) is 25.7 Å². The van der Waals surface area contributed by atoms with Crippen molar-refractivity contribution in [1.29, 1.82) is 0 Å². The molecule has 1 heterocycles. The van der Waals surface area contributed by atoms with Crippen LogP contribution in [0.15, 0.2) is 0 Å². The monoisotopic (exact) mass is 399 g/mol. The predicted molar refractivity (Wildman–Crippen MR) is 103 cm³/mol. The normalized spacial score (nSPS) is 24.4. The Kier molecular flexibility index (Phi) is 8.31. The molecule has 1 unspecified atom stereocenters. The van der Waals surface area contributed by atoms with Crippen LogP contribution in [0.25, 0.3) is 0 Å². The number of hydrogen-bond acceptors (Lipinski definition) is 6. The first-order valence-corrected chi connectivity index (χ1v) is 10.1. The van der Waals surface area contributed by atoms with Crippen molar-refractivity contribution in [3.8, 4) is 0 Å². The van der Waals surface area contributed by atoms with Gasteiger partial charge >= 0.3 is 17.8 Å². The summed E-state index contributed by atoms with van der Waals surface area (Å²) in [5.74, 6) is -3.37. The van der Waals surface area contributed by atoms with Gasteiger partial charge in [0, 0.05) is 18.3 Å². The summed E-state index contributed by atoms with van der Waals surface area (Å²) in [6, 6.07) is -2.00. The maximum atomic E-state index is 13.4. The lowest BCUT2D eigenvalue weighted by atomic mass is 9.84. The molecule has 1 aliphatic rings. The SMILES string of the molecule is CCOC(=O)[C@@H]1CCC[N+]1(N[C@H](C(=O)O)[C@@H](C)CC)C(=O)C(=O)C(C)(C)CC. The van der Waals surface area contributed by atoms with Gasteiger partial charge in [-0.15, -0.1) is 5.43 Å². The zero-order valence-electron chi connectivity index (χ0n) is 17.9. The molecule has 4 atom stereocenters. The second kappa shape index (κ2) is 9.60. The van der Waals surface area contributed by atoms with E-state index in [4.69, 9.17) is 4.74 Å². The maximum Gasteiger partial charge on any atom is 0.402 e. The number of carbonyl (C=O) groups excluding carboxylic acids is 3. The molecule has 2 N–H and O–H groups in total. The molecule has 0 radical (unpaired) electrons. The maximum absolute atomic E-state index is 13.4. The van der Waals surface area contributed by atoms with E-state index >= 15 is 0 Å². The van der Waals surface area contributed by atoms with Crippen molar-refractivity contribution in [3.05, 3.63) is 0 Å². The number of amides is 1. The van der Waals surface area contributed by atoms with Crippen LogP contribution in [0.4, 0.5) is 0 Å². The van der Waals surface area contributed by atoms with Crippen molar-refractivity contribution in [2.45, 2.75) is 79.3 Å². The standard InChI is InChI=1S/C20H34N2O6/c1-7-13(4)15(18(25)26)21-22(17(24)16(23)20(5,6)8-2)12-10-11-14(22)19(27)28-9-3/h13-15,21H,7-12H2,1-6H3/p+1/t13-,14-,15-,22?/m0/s1. The van der Waals surface area contributed by atoms with Crippen LogP contribution in [0.1, 0.15) is 67.2 Å². The molecule has 1 aliphatic heterocycles. The Morgan fingerprint density at radius 3 is 2.29 bits per heavy atom. The molecule has 8 nitrogen and oxygen atoms in total. The number of nitrogens with zero attached hydrogens (tertiary/aromatic N) is 1. The van der Waals surface area contributed by atoms with Gasteiger partial charge < -0.3 is 9.84 Å². The number of rotatable bonds is 10. The Balaban J connectivity index is 3.45. The number of aliphatic carboxylic acids is 1. The Labute approximate surface area is 167 Å². The van der Waals surface area contributed by atoms with Crippen molar-refractivity contribution < 1.29 is 33.6 Å². The summed E-state index contributed by atoms with van der Waals surface area (Å²) < 4.78 is 4.47. The minimum atomic E-state index is -1.11. The van der Waals surface area contributed by atoms with Gasteiger partial charge in [-0.3, -0.25) is 9.59 Å². The first kappa shape index (κ1) is 24.2. The third-order valence-electron chi connectivity index (χ3n) is 5.98. The molecule has 0 aromatic heterocycles. The number of carbonyl (C=O) groups is 4.